The van der Waals surface area contributed by atoms with Crippen molar-refractivity contribution in [3.8, 4) is 0 Å². The number of nitrogens with two attached hydrogens (primary N) is 1. The highest BCUT2D eigenvalue weighted by Gasteiger charge is 2.26. The van der Waals surface area contributed by atoms with Crippen LogP contribution < -0.4 is 21.7 Å². The molecule has 39 heavy (non-hydrogen) atoms. The number of imidazole rings is 1. The van der Waals surface area contributed by atoms with Crippen LogP contribution in [-0.2, 0) is 4.84 Å². The molecular formula is C26H45Cl2N9O2. The third kappa shape index (κ3) is 8.22. The number of hydroxylamine groups is 2. The van der Waals surface area contributed by atoms with Gasteiger partial charge in [0, 0.05) is 43.8 Å². The minimum Gasteiger partial charge on any atom is -0.365 e. The fraction of sp³-hybridized carbons (Fsp3) is 0.769. The molecule has 1 amide bonds. The van der Waals surface area contributed by atoms with Gasteiger partial charge in [-0.2, -0.15) is 9.97 Å². The molecule has 0 spiro atoms. The molecule has 1 aliphatic heterocycles. The third-order valence-corrected chi connectivity index (χ3v) is 8.05. The zero-order valence-corrected chi connectivity index (χ0v) is 24.6. The number of amides is 1. The predicted molar refractivity (Wildman–Crippen MR) is 159 cm³/mol. The number of anilines is 2. The van der Waals surface area contributed by atoms with Gasteiger partial charge in [0.2, 0.25) is 5.95 Å². The van der Waals surface area contributed by atoms with E-state index < -0.39 is 0 Å². The zero-order chi connectivity index (χ0) is 25.6. The van der Waals surface area contributed by atoms with Crippen LogP contribution in [0.5, 0.6) is 0 Å². The van der Waals surface area contributed by atoms with Crippen molar-refractivity contribution in [2.24, 2.45) is 5.73 Å². The van der Waals surface area contributed by atoms with Gasteiger partial charge in [0.05, 0.1) is 6.33 Å². The van der Waals surface area contributed by atoms with E-state index in [1.165, 1.54) is 25.7 Å². The first kappa shape index (κ1) is 31.4. The number of unbranched alkanes of at least 4 members (excludes halogenated alkanes) is 1. The van der Waals surface area contributed by atoms with Crippen LogP contribution in [0.2, 0.25) is 0 Å². The second-order valence-corrected chi connectivity index (χ2v) is 10.9. The summed E-state index contributed by atoms with van der Waals surface area (Å²) in [4.78, 5) is 32.1. The van der Waals surface area contributed by atoms with Gasteiger partial charge in [0.15, 0.2) is 17.0 Å². The largest absolute Gasteiger partial charge is 0.426 e. The van der Waals surface area contributed by atoms with Gasteiger partial charge in [-0.15, -0.1) is 29.9 Å². The van der Waals surface area contributed by atoms with Crippen LogP contribution in [-0.4, -0.2) is 68.4 Å². The first-order valence-corrected chi connectivity index (χ1v) is 14.3. The SMILES string of the molecule is CCCCNC(=O)ON1CCC(Nc2nc(N[C@H]3CC[C@H](N)CC3)nc3c2ncn3C2CCCC2)CC1.Cl.Cl. The first-order valence-electron chi connectivity index (χ1n) is 14.3. The van der Waals surface area contributed by atoms with E-state index in [1.807, 2.05) is 6.33 Å². The van der Waals surface area contributed by atoms with Crippen molar-refractivity contribution < 1.29 is 9.63 Å². The Morgan fingerprint density at radius 2 is 1.69 bits per heavy atom. The molecule has 2 aliphatic carbocycles. The summed E-state index contributed by atoms with van der Waals surface area (Å²) in [5, 5.41) is 11.8. The molecule has 3 fully saturated rings. The Bertz CT molecular complexity index is 1030. The van der Waals surface area contributed by atoms with Gasteiger partial charge in [-0.3, -0.25) is 0 Å². The Labute approximate surface area is 243 Å². The van der Waals surface area contributed by atoms with E-state index >= 15 is 0 Å². The van der Waals surface area contributed by atoms with Crippen LogP contribution in [0.1, 0.15) is 90.0 Å². The maximum atomic E-state index is 12.0. The quantitative estimate of drug-likeness (QED) is 0.306. The van der Waals surface area contributed by atoms with Crippen LogP contribution >= 0.6 is 24.8 Å². The molecule has 13 heteroatoms. The van der Waals surface area contributed by atoms with Crippen molar-refractivity contribution in [1.29, 1.82) is 0 Å². The Hall–Kier alpha value is -2.08. The number of piperidine rings is 1. The number of halogens is 2. The summed E-state index contributed by atoms with van der Waals surface area (Å²) < 4.78 is 2.25. The topological polar surface area (TPSA) is 135 Å². The number of hydrogen-bond donors (Lipinski definition) is 4. The first-order chi connectivity index (χ1) is 18.1. The molecular weight excluding hydrogens is 541 g/mol. The summed E-state index contributed by atoms with van der Waals surface area (Å²) in [5.74, 6) is 1.45. The number of aromatic nitrogens is 4. The molecule has 3 aliphatic rings. The van der Waals surface area contributed by atoms with Crippen molar-refractivity contribution in [2.45, 2.75) is 108 Å². The van der Waals surface area contributed by atoms with Crippen LogP contribution in [0.4, 0.5) is 16.6 Å². The Morgan fingerprint density at radius 1 is 1.00 bits per heavy atom. The molecule has 2 aromatic rings. The highest BCUT2D eigenvalue weighted by atomic mass is 35.5. The van der Waals surface area contributed by atoms with Gasteiger partial charge in [0.1, 0.15) is 0 Å². The van der Waals surface area contributed by atoms with E-state index in [0.717, 1.165) is 68.3 Å². The van der Waals surface area contributed by atoms with Gasteiger partial charge in [-0.25, -0.2) is 9.78 Å². The molecule has 0 aromatic carbocycles. The molecule has 2 saturated carbocycles. The van der Waals surface area contributed by atoms with Crippen LogP contribution in [0.3, 0.4) is 0 Å². The number of carbonyl (C=O) groups is 1. The van der Waals surface area contributed by atoms with Crippen molar-refractivity contribution in [2.75, 3.05) is 30.3 Å². The number of fused-ring (bicyclic) bond motifs is 1. The molecule has 5 N–H and O–H groups in total. The number of rotatable bonds is 9. The van der Waals surface area contributed by atoms with E-state index in [-0.39, 0.29) is 36.9 Å². The lowest BCUT2D eigenvalue weighted by molar-refractivity contribution is -0.112. The molecule has 0 unspecified atom stereocenters. The van der Waals surface area contributed by atoms with Crippen molar-refractivity contribution in [3.05, 3.63) is 6.33 Å². The smallest absolute Gasteiger partial charge is 0.365 e. The molecule has 5 rings (SSSR count). The highest BCUT2D eigenvalue weighted by molar-refractivity contribution is 5.86. The molecule has 1 saturated heterocycles. The standard InChI is InChI=1S/C26H43N9O2.2ClH/c1-2-3-14-28-26(36)37-34-15-12-20(13-16-34)30-23-22-24(35(17-29-22)21-6-4-5-7-21)33-25(32-23)31-19-10-8-18(27)9-11-19;;/h17-21H,2-16,27H2,1H3,(H,28,36)(H2,30,31,32,33);2*1H/t18-,19-;;. The van der Waals surface area contributed by atoms with E-state index in [2.05, 4.69) is 27.4 Å². The summed E-state index contributed by atoms with van der Waals surface area (Å²) in [5.41, 5.74) is 7.85. The normalized spacial score (nSPS) is 22.6. The Balaban J connectivity index is 0.00000210. The minimum atomic E-state index is -0.366. The van der Waals surface area contributed by atoms with Crippen LogP contribution in [0, 0.1) is 0 Å². The van der Waals surface area contributed by atoms with Crippen molar-refractivity contribution >= 4 is 53.8 Å². The molecule has 0 atom stereocenters. The van der Waals surface area contributed by atoms with Crippen LogP contribution in [0.25, 0.3) is 11.2 Å². The summed E-state index contributed by atoms with van der Waals surface area (Å²) in [6, 6.07) is 1.33. The maximum Gasteiger partial charge on any atom is 0.426 e. The summed E-state index contributed by atoms with van der Waals surface area (Å²) in [7, 11) is 0. The fourth-order valence-corrected chi connectivity index (χ4v) is 5.78. The van der Waals surface area contributed by atoms with E-state index in [0.29, 0.717) is 43.7 Å². The molecule has 11 nitrogen and oxygen atoms in total. The summed E-state index contributed by atoms with van der Waals surface area (Å²) in [6.45, 7) is 4.10. The lowest BCUT2D eigenvalue weighted by Crippen LogP contribution is -2.42. The number of hydrogen-bond acceptors (Lipinski definition) is 9. The summed E-state index contributed by atoms with van der Waals surface area (Å²) >= 11 is 0. The molecule has 220 valence electrons. The van der Waals surface area contributed by atoms with Crippen molar-refractivity contribution in [1.82, 2.24) is 29.9 Å². The predicted octanol–water partition coefficient (Wildman–Crippen LogP) is 4.78. The second-order valence-electron chi connectivity index (χ2n) is 10.9. The van der Waals surface area contributed by atoms with Gasteiger partial charge in [0.25, 0.3) is 0 Å². The average molecular weight is 587 g/mol. The monoisotopic (exact) mass is 585 g/mol. The van der Waals surface area contributed by atoms with Gasteiger partial charge < -0.3 is 31.1 Å². The lowest BCUT2D eigenvalue weighted by Gasteiger charge is -2.31. The number of nitrogens with one attached hydrogen (secondary N) is 3. The molecule has 3 heterocycles. The van der Waals surface area contributed by atoms with Gasteiger partial charge in [-0.1, -0.05) is 26.2 Å². The van der Waals surface area contributed by atoms with E-state index in [4.69, 9.17) is 25.5 Å². The molecule has 0 bridgehead atoms. The van der Waals surface area contributed by atoms with E-state index in [9.17, 15) is 4.79 Å². The maximum absolute atomic E-state index is 12.0. The lowest BCUT2D eigenvalue weighted by atomic mass is 9.92. The Morgan fingerprint density at radius 3 is 2.38 bits per heavy atom. The highest BCUT2D eigenvalue weighted by Crippen LogP contribution is 2.34. The third-order valence-electron chi connectivity index (χ3n) is 8.05. The Kier molecular flexibility index (Phi) is 12.1. The van der Waals surface area contributed by atoms with Crippen LogP contribution in [0.15, 0.2) is 6.33 Å². The number of carbonyl (C=O) groups excluding carboxylic acids is 1. The summed E-state index contributed by atoms with van der Waals surface area (Å²) in [6.07, 6.45) is 14.3. The molecule has 2 aromatic heterocycles. The average Bonchev–Trinajstić information content (AvgIpc) is 3.57. The van der Waals surface area contributed by atoms with E-state index in [1.54, 1.807) is 5.06 Å². The zero-order valence-electron chi connectivity index (χ0n) is 22.9. The fourth-order valence-electron chi connectivity index (χ4n) is 5.78. The minimum absolute atomic E-state index is 0. The van der Waals surface area contributed by atoms with Crippen molar-refractivity contribution in [3.63, 3.8) is 0 Å². The van der Waals surface area contributed by atoms with Gasteiger partial charge in [-0.05, 0) is 57.8 Å². The van der Waals surface area contributed by atoms with Gasteiger partial charge >= 0.3 is 6.09 Å². The second kappa shape index (κ2) is 15.1. The molecule has 0 radical (unpaired) electrons. The number of nitrogens with zero attached hydrogens (tertiary/aromatic N) is 5.